The number of nitrogens with zero attached hydrogens (tertiary/aromatic N) is 3. The van der Waals surface area contributed by atoms with E-state index in [9.17, 15) is 0 Å². The first-order chi connectivity index (χ1) is 8.74. The molecule has 18 heavy (non-hydrogen) atoms. The van der Waals surface area contributed by atoms with Crippen molar-refractivity contribution in [1.82, 2.24) is 20.3 Å². The standard InChI is InChI=1S/C14H20N4/c1-4-14-13(9-15-3)16-17-18(14)10-12-7-5-6-11(2)8-12/h5-8,15H,4,9-10H2,1-3H3. The van der Waals surface area contributed by atoms with Gasteiger partial charge in [-0.1, -0.05) is 42.0 Å². The Labute approximate surface area is 108 Å². The summed E-state index contributed by atoms with van der Waals surface area (Å²) in [6.07, 6.45) is 0.954. The van der Waals surface area contributed by atoms with Gasteiger partial charge in [0.2, 0.25) is 0 Å². The molecule has 1 N–H and O–H groups in total. The Balaban J connectivity index is 2.23. The van der Waals surface area contributed by atoms with E-state index in [1.807, 2.05) is 11.7 Å². The molecule has 0 bridgehead atoms. The molecule has 0 fully saturated rings. The fourth-order valence-corrected chi connectivity index (χ4v) is 2.17. The van der Waals surface area contributed by atoms with Crippen LogP contribution in [-0.2, 0) is 19.5 Å². The maximum absolute atomic E-state index is 4.26. The lowest BCUT2D eigenvalue weighted by molar-refractivity contribution is 0.622. The summed E-state index contributed by atoms with van der Waals surface area (Å²) in [5.41, 5.74) is 4.81. The van der Waals surface area contributed by atoms with Crippen molar-refractivity contribution >= 4 is 0 Å². The topological polar surface area (TPSA) is 42.7 Å². The second kappa shape index (κ2) is 5.78. The Morgan fingerprint density at radius 3 is 2.83 bits per heavy atom. The number of rotatable bonds is 5. The molecule has 0 unspecified atom stereocenters. The van der Waals surface area contributed by atoms with Crippen molar-refractivity contribution in [1.29, 1.82) is 0 Å². The minimum absolute atomic E-state index is 0.775. The van der Waals surface area contributed by atoms with Crippen molar-refractivity contribution in [2.24, 2.45) is 0 Å². The monoisotopic (exact) mass is 244 g/mol. The van der Waals surface area contributed by atoms with Gasteiger partial charge in [-0.3, -0.25) is 0 Å². The molecule has 2 aromatic rings. The first-order valence-corrected chi connectivity index (χ1v) is 6.36. The van der Waals surface area contributed by atoms with E-state index in [4.69, 9.17) is 0 Å². The highest BCUT2D eigenvalue weighted by atomic mass is 15.4. The Bertz CT molecular complexity index is 516. The summed E-state index contributed by atoms with van der Waals surface area (Å²) in [6.45, 7) is 5.82. The average Bonchev–Trinajstić information content (AvgIpc) is 2.72. The molecule has 0 aliphatic rings. The molecule has 96 valence electrons. The number of nitrogens with one attached hydrogen (secondary N) is 1. The van der Waals surface area contributed by atoms with Crippen LogP contribution in [0.3, 0.4) is 0 Å². The fraction of sp³-hybridized carbons (Fsp3) is 0.429. The summed E-state index contributed by atoms with van der Waals surface area (Å²) >= 11 is 0. The van der Waals surface area contributed by atoms with Gasteiger partial charge in [0, 0.05) is 6.54 Å². The van der Waals surface area contributed by atoms with Gasteiger partial charge in [0.15, 0.2) is 0 Å². The molecule has 1 aromatic carbocycles. The molecule has 0 spiro atoms. The number of benzene rings is 1. The molecule has 0 aliphatic carbocycles. The van der Waals surface area contributed by atoms with E-state index in [-0.39, 0.29) is 0 Å². The number of hydrogen-bond donors (Lipinski definition) is 1. The average molecular weight is 244 g/mol. The van der Waals surface area contributed by atoms with Gasteiger partial charge in [0.25, 0.3) is 0 Å². The van der Waals surface area contributed by atoms with E-state index in [1.165, 1.54) is 16.8 Å². The summed E-state index contributed by atoms with van der Waals surface area (Å²) in [7, 11) is 1.93. The number of aromatic nitrogens is 3. The molecular weight excluding hydrogens is 224 g/mol. The zero-order valence-corrected chi connectivity index (χ0v) is 11.3. The lowest BCUT2D eigenvalue weighted by Crippen LogP contribution is -2.10. The van der Waals surface area contributed by atoms with Gasteiger partial charge in [-0.15, -0.1) is 5.10 Å². The van der Waals surface area contributed by atoms with Gasteiger partial charge < -0.3 is 5.32 Å². The van der Waals surface area contributed by atoms with Crippen LogP contribution in [0.25, 0.3) is 0 Å². The summed E-state index contributed by atoms with van der Waals surface area (Å²) in [5, 5.41) is 11.6. The molecule has 0 saturated carbocycles. The maximum Gasteiger partial charge on any atom is 0.0996 e. The molecule has 4 nitrogen and oxygen atoms in total. The Kier molecular flexibility index (Phi) is 4.10. The van der Waals surface area contributed by atoms with Crippen LogP contribution in [0.4, 0.5) is 0 Å². The number of aryl methyl sites for hydroxylation is 1. The molecule has 0 saturated heterocycles. The molecule has 2 rings (SSSR count). The predicted octanol–water partition coefficient (Wildman–Crippen LogP) is 1.92. The Morgan fingerprint density at radius 1 is 1.33 bits per heavy atom. The summed E-state index contributed by atoms with van der Waals surface area (Å²) < 4.78 is 2.00. The second-order valence-electron chi connectivity index (χ2n) is 4.51. The maximum atomic E-state index is 4.26. The van der Waals surface area contributed by atoms with E-state index < -0.39 is 0 Å². The van der Waals surface area contributed by atoms with Gasteiger partial charge >= 0.3 is 0 Å². The summed E-state index contributed by atoms with van der Waals surface area (Å²) in [6, 6.07) is 8.52. The third kappa shape index (κ3) is 2.76. The molecular formula is C14H20N4. The van der Waals surface area contributed by atoms with Gasteiger partial charge in [0.1, 0.15) is 0 Å². The van der Waals surface area contributed by atoms with Crippen LogP contribution in [0, 0.1) is 6.92 Å². The summed E-state index contributed by atoms with van der Waals surface area (Å²) in [4.78, 5) is 0. The van der Waals surface area contributed by atoms with Gasteiger partial charge in [0.05, 0.1) is 17.9 Å². The van der Waals surface area contributed by atoms with Crippen LogP contribution in [0.2, 0.25) is 0 Å². The molecule has 0 radical (unpaired) electrons. The quantitative estimate of drug-likeness (QED) is 0.873. The van der Waals surface area contributed by atoms with Crippen LogP contribution in [0.1, 0.15) is 29.4 Å². The third-order valence-electron chi connectivity index (χ3n) is 3.01. The molecule has 1 heterocycles. The summed E-state index contributed by atoms with van der Waals surface area (Å²) in [5.74, 6) is 0. The highest BCUT2D eigenvalue weighted by molar-refractivity contribution is 5.23. The van der Waals surface area contributed by atoms with Crippen LogP contribution in [0.15, 0.2) is 24.3 Å². The van der Waals surface area contributed by atoms with E-state index in [0.717, 1.165) is 25.2 Å². The SMILES string of the molecule is CCc1c(CNC)nnn1Cc1cccc(C)c1. The molecule has 0 atom stereocenters. The Hall–Kier alpha value is -1.68. The van der Waals surface area contributed by atoms with Crippen molar-refractivity contribution in [3.8, 4) is 0 Å². The first-order valence-electron chi connectivity index (χ1n) is 6.36. The van der Waals surface area contributed by atoms with E-state index >= 15 is 0 Å². The van der Waals surface area contributed by atoms with E-state index in [1.54, 1.807) is 0 Å². The highest BCUT2D eigenvalue weighted by Gasteiger charge is 2.10. The Morgan fingerprint density at radius 2 is 2.17 bits per heavy atom. The van der Waals surface area contributed by atoms with E-state index in [0.29, 0.717) is 0 Å². The van der Waals surface area contributed by atoms with Crippen molar-refractivity contribution in [3.63, 3.8) is 0 Å². The molecule has 1 aromatic heterocycles. The van der Waals surface area contributed by atoms with Crippen LogP contribution in [-0.4, -0.2) is 22.0 Å². The third-order valence-corrected chi connectivity index (χ3v) is 3.01. The van der Waals surface area contributed by atoms with Gasteiger partial charge in [-0.25, -0.2) is 4.68 Å². The lowest BCUT2D eigenvalue weighted by atomic mass is 10.1. The zero-order valence-electron chi connectivity index (χ0n) is 11.3. The normalized spacial score (nSPS) is 10.8. The van der Waals surface area contributed by atoms with Crippen LogP contribution >= 0.6 is 0 Å². The first kappa shape index (κ1) is 12.8. The highest BCUT2D eigenvalue weighted by Crippen LogP contribution is 2.11. The lowest BCUT2D eigenvalue weighted by Gasteiger charge is -2.07. The molecule has 0 aliphatic heterocycles. The van der Waals surface area contributed by atoms with Crippen molar-refractivity contribution in [2.45, 2.75) is 33.4 Å². The van der Waals surface area contributed by atoms with Crippen molar-refractivity contribution in [3.05, 3.63) is 46.8 Å². The van der Waals surface area contributed by atoms with Crippen LogP contribution in [0.5, 0.6) is 0 Å². The largest absolute Gasteiger partial charge is 0.314 e. The predicted molar refractivity (Wildman–Crippen MR) is 72.4 cm³/mol. The van der Waals surface area contributed by atoms with Gasteiger partial charge in [-0.2, -0.15) is 0 Å². The van der Waals surface area contributed by atoms with Crippen molar-refractivity contribution < 1.29 is 0 Å². The minimum Gasteiger partial charge on any atom is -0.314 e. The van der Waals surface area contributed by atoms with Gasteiger partial charge in [-0.05, 0) is 26.0 Å². The molecule has 4 heteroatoms. The second-order valence-corrected chi connectivity index (χ2v) is 4.51. The van der Waals surface area contributed by atoms with Crippen LogP contribution < -0.4 is 5.32 Å². The minimum atomic E-state index is 0.775. The fourth-order valence-electron chi connectivity index (χ4n) is 2.17. The van der Waals surface area contributed by atoms with Crippen molar-refractivity contribution in [2.75, 3.05) is 7.05 Å². The zero-order chi connectivity index (χ0) is 13.0. The smallest absolute Gasteiger partial charge is 0.0996 e. The van der Waals surface area contributed by atoms with E-state index in [2.05, 4.69) is 53.7 Å². The molecule has 0 amide bonds. The number of hydrogen-bond acceptors (Lipinski definition) is 3.